The quantitative estimate of drug-likeness (QED) is 0.846. The van der Waals surface area contributed by atoms with Crippen LogP contribution in [0.15, 0.2) is 18.2 Å². The highest BCUT2D eigenvalue weighted by molar-refractivity contribution is 5.85. The summed E-state index contributed by atoms with van der Waals surface area (Å²) >= 11 is 0. The lowest BCUT2D eigenvalue weighted by Crippen LogP contribution is -1.94. The monoisotopic (exact) mass is 221 g/mol. The van der Waals surface area contributed by atoms with Crippen LogP contribution in [0.4, 0.5) is 4.39 Å². The summed E-state index contributed by atoms with van der Waals surface area (Å²) in [6.45, 7) is 2.20. The Morgan fingerprint density at radius 1 is 1.38 bits per heavy atom. The zero-order chi connectivity index (χ0) is 11.7. The van der Waals surface area contributed by atoms with Gasteiger partial charge >= 0.3 is 0 Å². The summed E-state index contributed by atoms with van der Waals surface area (Å²) in [4.78, 5) is 0. The minimum atomic E-state index is -0.205. The second kappa shape index (κ2) is 4.26. The molecule has 0 fully saturated rings. The van der Waals surface area contributed by atoms with Gasteiger partial charge in [0, 0.05) is 30.3 Å². The molecule has 0 bridgehead atoms. The molecule has 0 saturated carbocycles. The van der Waals surface area contributed by atoms with Crippen LogP contribution in [0.5, 0.6) is 0 Å². The van der Waals surface area contributed by atoms with E-state index in [1.807, 2.05) is 14.0 Å². The highest BCUT2D eigenvalue weighted by atomic mass is 19.1. The van der Waals surface area contributed by atoms with E-state index in [2.05, 4.69) is 4.57 Å². The van der Waals surface area contributed by atoms with Gasteiger partial charge in [0.25, 0.3) is 0 Å². The Bertz CT molecular complexity index is 516. The van der Waals surface area contributed by atoms with Crippen molar-refractivity contribution in [1.29, 1.82) is 0 Å². The van der Waals surface area contributed by atoms with E-state index in [0.29, 0.717) is 0 Å². The summed E-state index contributed by atoms with van der Waals surface area (Å²) in [5, 5.41) is 9.84. The van der Waals surface area contributed by atoms with E-state index in [-0.39, 0.29) is 12.4 Å². The summed E-state index contributed by atoms with van der Waals surface area (Å²) in [6.07, 6.45) is 1.51. The molecule has 3 heteroatoms. The lowest BCUT2D eigenvalue weighted by Gasteiger charge is -2.00. The van der Waals surface area contributed by atoms with Crippen LogP contribution in [-0.2, 0) is 13.5 Å². The predicted molar refractivity (Wildman–Crippen MR) is 63.0 cm³/mol. The molecule has 2 nitrogen and oxygen atoms in total. The van der Waals surface area contributed by atoms with E-state index in [1.54, 1.807) is 12.1 Å². The van der Waals surface area contributed by atoms with Gasteiger partial charge in [-0.15, -0.1) is 0 Å². The maximum atomic E-state index is 13.2. The molecule has 0 aliphatic heterocycles. The van der Waals surface area contributed by atoms with E-state index in [0.717, 1.165) is 35.0 Å². The summed E-state index contributed by atoms with van der Waals surface area (Å²) in [6, 6.07) is 4.87. The van der Waals surface area contributed by atoms with Crippen molar-refractivity contribution in [3.63, 3.8) is 0 Å². The molecule has 0 spiro atoms. The van der Waals surface area contributed by atoms with Crippen LogP contribution in [0.3, 0.4) is 0 Å². The lowest BCUT2D eigenvalue weighted by atomic mass is 10.1. The molecule has 16 heavy (non-hydrogen) atoms. The molecule has 0 atom stereocenters. The number of aromatic nitrogens is 1. The van der Waals surface area contributed by atoms with Gasteiger partial charge in [0.15, 0.2) is 0 Å². The fourth-order valence-corrected chi connectivity index (χ4v) is 2.19. The Morgan fingerprint density at radius 3 is 2.81 bits per heavy atom. The molecule has 0 saturated heterocycles. The number of halogens is 1. The first-order valence-electron chi connectivity index (χ1n) is 5.49. The molecule has 0 amide bonds. The average molecular weight is 221 g/mol. The van der Waals surface area contributed by atoms with Crippen LogP contribution < -0.4 is 0 Å². The molecule has 0 aliphatic rings. The number of hydrogen-bond acceptors (Lipinski definition) is 1. The number of benzene rings is 1. The first-order chi connectivity index (χ1) is 7.65. The Hall–Kier alpha value is -1.35. The number of nitrogens with zero attached hydrogens (tertiary/aromatic N) is 1. The van der Waals surface area contributed by atoms with Crippen molar-refractivity contribution in [3.05, 3.63) is 35.3 Å². The number of aliphatic hydroxyl groups is 1. The summed E-state index contributed by atoms with van der Waals surface area (Å²) in [5.74, 6) is -0.205. The largest absolute Gasteiger partial charge is 0.396 e. The number of rotatable bonds is 3. The van der Waals surface area contributed by atoms with Crippen molar-refractivity contribution in [2.75, 3.05) is 6.61 Å². The lowest BCUT2D eigenvalue weighted by molar-refractivity contribution is 0.288. The maximum absolute atomic E-state index is 13.2. The third-order valence-corrected chi connectivity index (χ3v) is 3.17. The second-order valence-electron chi connectivity index (χ2n) is 4.11. The number of fused-ring (bicyclic) bond motifs is 1. The van der Waals surface area contributed by atoms with Gasteiger partial charge in [0.05, 0.1) is 0 Å². The van der Waals surface area contributed by atoms with Gasteiger partial charge in [0.2, 0.25) is 0 Å². The molecule has 2 aromatic rings. The van der Waals surface area contributed by atoms with Crippen LogP contribution in [0.25, 0.3) is 10.9 Å². The van der Waals surface area contributed by atoms with Gasteiger partial charge in [-0.2, -0.15) is 0 Å². The minimum Gasteiger partial charge on any atom is -0.396 e. The second-order valence-corrected chi connectivity index (χ2v) is 4.11. The fourth-order valence-electron chi connectivity index (χ4n) is 2.19. The molecule has 0 unspecified atom stereocenters. The third-order valence-electron chi connectivity index (χ3n) is 3.17. The fraction of sp³-hybridized carbons (Fsp3) is 0.385. The SMILES string of the molecule is Cc1c(CCCO)c2cc(F)ccc2n1C. The molecule has 2 rings (SSSR count). The molecule has 1 aromatic heterocycles. The van der Waals surface area contributed by atoms with E-state index in [4.69, 9.17) is 5.11 Å². The van der Waals surface area contributed by atoms with Crippen LogP contribution in [0, 0.1) is 12.7 Å². The van der Waals surface area contributed by atoms with Gasteiger partial charge in [-0.05, 0) is 43.5 Å². The number of aliphatic hydroxyl groups excluding tert-OH is 1. The number of hydrogen-bond donors (Lipinski definition) is 1. The van der Waals surface area contributed by atoms with Gasteiger partial charge in [0.1, 0.15) is 5.82 Å². The van der Waals surface area contributed by atoms with Gasteiger partial charge in [-0.1, -0.05) is 0 Å². The molecule has 1 aromatic carbocycles. The molecule has 86 valence electrons. The van der Waals surface area contributed by atoms with Crippen molar-refractivity contribution >= 4 is 10.9 Å². The molecule has 1 N–H and O–H groups in total. The molecule has 0 radical (unpaired) electrons. The normalized spacial score (nSPS) is 11.2. The third kappa shape index (κ3) is 1.71. The van der Waals surface area contributed by atoms with Crippen molar-refractivity contribution in [2.24, 2.45) is 7.05 Å². The molecule has 0 aliphatic carbocycles. The standard InChI is InChI=1S/C13H16FNO/c1-9-11(4-3-7-16)12-8-10(14)5-6-13(12)15(9)2/h5-6,8,16H,3-4,7H2,1-2H3. The van der Waals surface area contributed by atoms with Crippen LogP contribution in [0.1, 0.15) is 17.7 Å². The summed E-state index contributed by atoms with van der Waals surface area (Å²) < 4.78 is 15.3. The van der Waals surface area contributed by atoms with Crippen molar-refractivity contribution in [2.45, 2.75) is 19.8 Å². The van der Waals surface area contributed by atoms with E-state index in [1.165, 1.54) is 6.07 Å². The average Bonchev–Trinajstić information content (AvgIpc) is 2.50. The van der Waals surface area contributed by atoms with Crippen LogP contribution >= 0.6 is 0 Å². The Morgan fingerprint density at radius 2 is 2.12 bits per heavy atom. The van der Waals surface area contributed by atoms with Gasteiger partial charge in [-0.3, -0.25) is 0 Å². The summed E-state index contributed by atoms with van der Waals surface area (Å²) in [5.41, 5.74) is 3.34. The molecule has 1 heterocycles. The van der Waals surface area contributed by atoms with Gasteiger partial charge in [-0.25, -0.2) is 4.39 Å². The smallest absolute Gasteiger partial charge is 0.123 e. The van der Waals surface area contributed by atoms with Gasteiger partial charge < -0.3 is 9.67 Å². The Kier molecular flexibility index (Phi) is 2.97. The highest BCUT2D eigenvalue weighted by Crippen LogP contribution is 2.26. The first kappa shape index (κ1) is 11.1. The van der Waals surface area contributed by atoms with E-state index in [9.17, 15) is 4.39 Å². The topological polar surface area (TPSA) is 25.2 Å². The van der Waals surface area contributed by atoms with Crippen molar-refractivity contribution in [1.82, 2.24) is 4.57 Å². The Labute approximate surface area is 94.3 Å². The van der Waals surface area contributed by atoms with Crippen molar-refractivity contribution in [3.8, 4) is 0 Å². The van der Waals surface area contributed by atoms with Crippen LogP contribution in [0.2, 0.25) is 0 Å². The summed E-state index contributed by atoms with van der Waals surface area (Å²) in [7, 11) is 1.98. The first-order valence-corrected chi connectivity index (χ1v) is 5.49. The van der Waals surface area contributed by atoms with Crippen LogP contribution in [-0.4, -0.2) is 16.3 Å². The predicted octanol–water partition coefficient (Wildman–Crippen LogP) is 2.55. The van der Waals surface area contributed by atoms with Crippen molar-refractivity contribution < 1.29 is 9.50 Å². The number of aryl methyl sites for hydroxylation is 2. The van der Waals surface area contributed by atoms with E-state index < -0.39 is 0 Å². The highest BCUT2D eigenvalue weighted by Gasteiger charge is 2.11. The zero-order valence-electron chi connectivity index (χ0n) is 9.63. The zero-order valence-corrected chi connectivity index (χ0v) is 9.63. The maximum Gasteiger partial charge on any atom is 0.123 e. The van der Waals surface area contributed by atoms with E-state index >= 15 is 0 Å². The molecular weight excluding hydrogens is 205 g/mol. The minimum absolute atomic E-state index is 0.172. The molecular formula is C13H16FNO. The Balaban J connectivity index is 2.61.